The van der Waals surface area contributed by atoms with Gasteiger partial charge in [0.2, 0.25) is 0 Å². The lowest BCUT2D eigenvalue weighted by atomic mass is 10.1. The second-order valence-electron chi connectivity index (χ2n) is 5.95. The van der Waals surface area contributed by atoms with Crippen molar-refractivity contribution in [2.45, 2.75) is 26.8 Å². The molecule has 25 heavy (non-hydrogen) atoms. The number of nitrogens with one attached hydrogen (secondary N) is 3. The van der Waals surface area contributed by atoms with E-state index in [0.717, 1.165) is 37.7 Å². The molecule has 0 aliphatic heterocycles. The van der Waals surface area contributed by atoms with Crippen LogP contribution in [-0.2, 0) is 11.3 Å². The minimum Gasteiger partial charge on any atom is -0.381 e. The van der Waals surface area contributed by atoms with E-state index >= 15 is 0 Å². The second kappa shape index (κ2) is 13.9. The van der Waals surface area contributed by atoms with Gasteiger partial charge in [-0.25, -0.2) is 0 Å². The van der Waals surface area contributed by atoms with Gasteiger partial charge in [-0.15, -0.1) is 24.0 Å². The molecular weight excluding hydrogens is 431 g/mol. The van der Waals surface area contributed by atoms with Crippen molar-refractivity contribution in [3.05, 3.63) is 35.4 Å². The predicted molar refractivity (Wildman–Crippen MR) is 114 cm³/mol. The summed E-state index contributed by atoms with van der Waals surface area (Å²) in [5.41, 5.74) is 1.68. The van der Waals surface area contributed by atoms with Gasteiger partial charge in [0.25, 0.3) is 5.91 Å². The van der Waals surface area contributed by atoms with E-state index in [-0.39, 0.29) is 29.9 Å². The van der Waals surface area contributed by atoms with Gasteiger partial charge in [-0.05, 0) is 30.0 Å². The summed E-state index contributed by atoms with van der Waals surface area (Å²) in [5, 5.41) is 9.13. The number of nitrogens with zero attached hydrogens (tertiary/aromatic N) is 1. The zero-order valence-corrected chi connectivity index (χ0v) is 17.9. The first kappa shape index (κ1) is 23.6. The van der Waals surface area contributed by atoms with E-state index < -0.39 is 0 Å². The van der Waals surface area contributed by atoms with Gasteiger partial charge < -0.3 is 20.7 Å². The Bertz CT molecular complexity index is 536. The topological polar surface area (TPSA) is 74.8 Å². The van der Waals surface area contributed by atoms with Crippen LogP contribution in [0.25, 0.3) is 0 Å². The number of rotatable bonds is 9. The Kier molecular flexibility index (Phi) is 13.1. The summed E-state index contributed by atoms with van der Waals surface area (Å²) in [5.74, 6) is 1.22. The maximum atomic E-state index is 11.7. The number of carbonyl (C=O) groups excluding carboxylic acids is 1. The Hall–Kier alpha value is -1.35. The van der Waals surface area contributed by atoms with Crippen LogP contribution in [0.4, 0.5) is 0 Å². The molecule has 0 aromatic heterocycles. The zero-order chi connectivity index (χ0) is 17.8. The summed E-state index contributed by atoms with van der Waals surface area (Å²) < 4.78 is 5.55. The van der Waals surface area contributed by atoms with Crippen molar-refractivity contribution in [2.75, 3.05) is 33.9 Å². The first-order valence-electron chi connectivity index (χ1n) is 8.40. The Morgan fingerprint density at radius 1 is 1.28 bits per heavy atom. The fourth-order valence-electron chi connectivity index (χ4n) is 2.07. The predicted octanol–water partition coefficient (Wildman–Crippen LogP) is 2.39. The highest BCUT2D eigenvalue weighted by atomic mass is 127. The molecule has 0 aliphatic carbocycles. The molecule has 0 spiro atoms. The molecule has 0 aliphatic rings. The van der Waals surface area contributed by atoms with Crippen molar-refractivity contribution in [3.8, 4) is 0 Å². The summed E-state index contributed by atoms with van der Waals surface area (Å²) in [7, 11) is 3.37. The number of hydrogen-bond donors (Lipinski definition) is 3. The van der Waals surface area contributed by atoms with Crippen molar-refractivity contribution >= 4 is 35.8 Å². The van der Waals surface area contributed by atoms with Crippen molar-refractivity contribution < 1.29 is 9.53 Å². The minimum atomic E-state index is -0.0826. The summed E-state index contributed by atoms with van der Waals surface area (Å²) in [4.78, 5) is 15.8. The van der Waals surface area contributed by atoms with Crippen LogP contribution in [0.15, 0.2) is 29.3 Å². The number of hydrogen-bond acceptors (Lipinski definition) is 3. The third-order valence-corrected chi connectivity index (χ3v) is 3.31. The minimum absolute atomic E-state index is 0. The molecule has 0 radical (unpaired) electrons. The van der Waals surface area contributed by atoms with Crippen molar-refractivity contribution in [1.29, 1.82) is 0 Å². The lowest BCUT2D eigenvalue weighted by Crippen LogP contribution is -2.37. The number of benzene rings is 1. The molecule has 6 nitrogen and oxygen atoms in total. The number of guanidine groups is 1. The molecule has 0 unspecified atom stereocenters. The Labute approximate surface area is 168 Å². The number of halogens is 1. The number of aliphatic imine (C=N–C) groups is 1. The SMILES string of the molecule is CN=C(NCCCOCC(C)C)NCc1cccc(C(=O)NC)c1.I. The van der Waals surface area contributed by atoms with Crippen LogP contribution >= 0.6 is 24.0 Å². The van der Waals surface area contributed by atoms with Crippen molar-refractivity contribution in [2.24, 2.45) is 10.9 Å². The number of ether oxygens (including phenoxy) is 1. The van der Waals surface area contributed by atoms with E-state index in [1.165, 1.54) is 0 Å². The molecule has 1 amide bonds. The number of amides is 1. The van der Waals surface area contributed by atoms with E-state index in [2.05, 4.69) is 34.8 Å². The second-order valence-corrected chi connectivity index (χ2v) is 5.95. The molecule has 1 aromatic rings. The lowest BCUT2D eigenvalue weighted by Gasteiger charge is -2.13. The van der Waals surface area contributed by atoms with Gasteiger partial charge >= 0.3 is 0 Å². The van der Waals surface area contributed by atoms with Crippen molar-refractivity contribution in [3.63, 3.8) is 0 Å². The summed E-state index contributed by atoms with van der Waals surface area (Å²) >= 11 is 0. The Morgan fingerprint density at radius 2 is 2.04 bits per heavy atom. The summed E-state index contributed by atoms with van der Waals surface area (Å²) in [6.07, 6.45) is 0.930. The highest BCUT2D eigenvalue weighted by Gasteiger charge is 2.04. The van der Waals surface area contributed by atoms with Crippen LogP contribution in [0.3, 0.4) is 0 Å². The molecule has 1 rings (SSSR count). The third kappa shape index (κ3) is 10.3. The molecular formula is C18H31IN4O2. The normalized spacial score (nSPS) is 11.0. The fourth-order valence-corrected chi connectivity index (χ4v) is 2.07. The van der Waals surface area contributed by atoms with Crippen LogP contribution in [0.2, 0.25) is 0 Å². The number of carbonyl (C=O) groups is 1. The standard InChI is InChI=1S/C18H30N4O2.HI/c1-14(2)13-24-10-6-9-21-18(20-4)22-12-15-7-5-8-16(11-15)17(23)19-3;/h5,7-8,11,14H,6,9-10,12-13H2,1-4H3,(H,19,23)(H2,20,21,22);1H. The first-order valence-corrected chi connectivity index (χ1v) is 8.40. The molecule has 0 saturated heterocycles. The van der Waals surface area contributed by atoms with E-state index in [4.69, 9.17) is 4.74 Å². The van der Waals surface area contributed by atoms with Crippen LogP contribution in [0.1, 0.15) is 36.2 Å². The molecule has 7 heteroatoms. The maximum Gasteiger partial charge on any atom is 0.251 e. The monoisotopic (exact) mass is 462 g/mol. The molecule has 142 valence electrons. The average Bonchev–Trinajstić information content (AvgIpc) is 2.59. The summed E-state index contributed by atoms with van der Waals surface area (Å²) in [6, 6.07) is 7.53. The van der Waals surface area contributed by atoms with Gasteiger partial charge in [-0.2, -0.15) is 0 Å². The molecule has 0 fully saturated rings. The van der Waals surface area contributed by atoms with E-state index in [9.17, 15) is 4.79 Å². The molecule has 0 saturated carbocycles. The van der Waals surface area contributed by atoms with Gasteiger partial charge in [-0.3, -0.25) is 9.79 Å². The van der Waals surface area contributed by atoms with Crippen LogP contribution in [-0.4, -0.2) is 45.7 Å². The summed E-state index contributed by atoms with van der Waals surface area (Å²) in [6.45, 7) is 7.24. The van der Waals surface area contributed by atoms with Crippen LogP contribution in [0, 0.1) is 5.92 Å². The highest BCUT2D eigenvalue weighted by molar-refractivity contribution is 14.0. The quantitative estimate of drug-likeness (QED) is 0.228. The van der Waals surface area contributed by atoms with Crippen LogP contribution in [0.5, 0.6) is 0 Å². The molecule has 0 heterocycles. The lowest BCUT2D eigenvalue weighted by molar-refractivity contribution is 0.0963. The van der Waals surface area contributed by atoms with E-state index in [1.807, 2.05) is 18.2 Å². The molecule has 3 N–H and O–H groups in total. The van der Waals surface area contributed by atoms with Gasteiger partial charge in [0, 0.05) is 46.0 Å². The van der Waals surface area contributed by atoms with E-state index in [1.54, 1.807) is 20.2 Å². The van der Waals surface area contributed by atoms with Gasteiger partial charge in [0.05, 0.1) is 0 Å². The largest absolute Gasteiger partial charge is 0.381 e. The molecule has 0 bridgehead atoms. The average molecular weight is 462 g/mol. The molecule has 0 atom stereocenters. The molecule has 1 aromatic carbocycles. The van der Waals surface area contributed by atoms with E-state index in [0.29, 0.717) is 18.0 Å². The van der Waals surface area contributed by atoms with Gasteiger partial charge in [0.1, 0.15) is 0 Å². The Balaban J connectivity index is 0.00000576. The van der Waals surface area contributed by atoms with Crippen molar-refractivity contribution in [1.82, 2.24) is 16.0 Å². The van der Waals surface area contributed by atoms with Gasteiger partial charge in [0.15, 0.2) is 5.96 Å². The van der Waals surface area contributed by atoms with Gasteiger partial charge in [-0.1, -0.05) is 26.0 Å². The third-order valence-electron chi connectivity index (χ3n) is 3.31. The highest BCUT2D eigenvalue weighted by Crippen LogP contribution is 2.05. The fraction of sp³-hybridized carbons (Fsp3) is 0.556. The van der Waals surface area contributed by atoms with Crippen LogP contribution < -0.4 is 16.0 Å². The first-order chi connectivity index (χ1) is 11.6. The maximum absolute atomic E-state index is 11.7. The zero-order valence-electron chi connectivity index (χ0n) is 15.6. The Morgan fingerprint density at radius 3 is 2.68 bits per heavy atom. The smallest absolute Gasteiger partial charge is 0.251 e.